The Bertz CT molecular complexity index is 570. The van der Waals surface area contributed by atoms with Crippen molar-refractivity contribution >= 4 is 24.9 Å². The highest BCUT2D eigenvalue weighted by Gasteiger charge is 2.53. The summed E-state index contributed by atoms with van der Waals surface area (Å²) >= 11 is 0. The molecule has 2 heterocycles. The number of nitrogens with zero attached hydrogens (tertiary/aromatic N) is 1. The fourth-order valence-corrected chi connectivity index (χ4v) is 2.01. The first-order valence-electron chi connectivity index (χ1n) is 6.74. The van der Waals surface area contributed by atoms with Gasteiger partial charge in [-0.1, -0.05) is 0 Å². The van der Waals surface area contributed by atoms with Crippen molar-refractivity contribution in [2.75, 3.05) is 7.05 Å². The summed E-state index contributed by atoms with van der Waals surface area (Å²) in [6, 6.07) is 1.49. The maximum Gasteiger partial charge on any atom is 0.515 e. The van der Waals surface area contributed by atoms with Crippen LogP contribution in [0.25, 0.3) is 0 Å². The van der Waals surface area contributed by atoms with E-state index in [4.69, 9.17) is 9.31 Å². The molecule has 1 amide bonds. The summed E-state index contributed by atoms with van der Waals surface area (Å²) < 4.78 is 11.8. The molecule has 0 aliphatic carbocycles. The highest BCUT2D eigenvalue weighted by Crippen LogP contribution is 2.36. The third-order valence-electron chi connectivity index (χ3n) is 4.02. The van der Waals surface area contributed by atoms with Gasteiger partial charge in [-0.25, -0.2) is 0 Å². The fourth-order valence-electron chi connectivity index (χ4n) is 2.01. The van der Waals surface area contributed by atoms with Crippen molar-refractivity contribution in [1.82, 2.24) is 10.3 Å². The molecule has 0 radical (unpaired) electrons. The molecule has 1 N–H and O–H groups in total. The topological polar surface area (TPSA) is 77.5 Å². The largest absolute Gasteiger partial charge is 0.515 e. The van der Waals surface area contributed by atoms with Crippen LogP contribution in [0, 0.1) is 0 Å². The van der Waals surface area contributed by atoms with E-state index in [9.17, 15) is 9.59 Å². The molecule has 0 atom stereocenters. The quantitative estimate of drug-likeness (QED) is 0.650. The number of carbonyl (C=O) groups is 2. The molecule has 1 aliphatic rings. The molecule has 0 unspecified atom stereocenters. The lowest BCUT2D eigenvalue weighted by Gasteiger charge is -2.32. The van der Waals surface area contributed by atoms with Gasteiger partial charge in [-0.15, -0.1) is 0 Å². The van der Waals surface area contributed by atoms with Crippen LogP contribution in [0.15, 0.2) is 12.3 Å². The van der Waals surface area contributed by atoms with Crippen molar-refractivity contribution in [3.8, 4) is 0 Å². The summed E-state index contributed by atoms with van der Waals surface area (Å²) in [6.07, 6.45) is 2.05. The van der Waals surface area contributed by atoms with E-state index in [0.29, 0.717) is 17.4 Å². The molecule has 2 rings (SSSR count). The Morgan fingerprint density at radius 3 is 2.33 bits per heavy atom. The van der Waals surface area contributed by atoms with Crippen molar-refractivity contribution in [3.05, 3.63) is 23.4 Å². The maximum atomic E-state index is 12.0. The number of rotatable bonds is 3. The number of amides is 1. The zero-order valence-corrected chi connectivity index (χ0v) is 12.9. The van der Waals surface area contributed by atoms with Gasteiger partial charge in [0.15, 0.2) is 6.29 Å². The molecule has 1 aromatic heterocycles. The van der Waals surface area contributed by atoms with E-state index in [1.54, 1.807) is 0 Å². The first-order valence-corrected chi connectivity index (χ1v) is 6.74. The Morgan fingerprint density at radius 1 is 1.29 bits per heavy atom. The van der Waals surface area contributed by atoms with E-state index in [2.05, 4.69) is 10.3 Å². The second-order valence-electron chi connectivity index (χ2n) is 5.99. The van der Waals surface area contributed by atoms with Gasteiger partial charge < -0.3 is 14.6 Å². The van der Waals surface area contributed by atoms with Crippen LogP contribution in [-0.4, -0.2) is 42.5 Å². The number of carbonyl (C=O) groups excluding carboxylic acids is 2. The van der Waals surface area contributed by atoms with Crippen molar-refractivity contribution in [1.29, 1.82) is 0 Å². The normalized spacial score (nSPS) is 19.4. The van der Waals surface area contributed by atoms with Crippen molar-refractivity contribution in [2.24, 2.45) is 0 Å². The van der Waals surface area contributed by atoms with E-state index in [0.717, 1.165) is 0 Å². The van der Waals surface area contributed by atoms with E-state index >= 15 is 0 Å². The lowest BCUT2D eigenvalue weighted by atomic mass is 9.80. The molecular formula is C14H19BN2O4. The van der Waals surface area contributed by atoms with Crippen molar-refractivity contribution in [3.63, 3.8) is 0 Å². The van der Waals surface area contributed by atoms with Crippen LogP contribution < -0.4 is 10.9 Å². The van der Waals surface area contributed by atoms with Crippen LogP contribution in [0.5, 0.6) is 0 Å². The lowest BCUT2D eigenvalue weighted by molar-refractivity contribution is 0.00578. The van der Waals surface area contributed by atoms with E-state index in [1.165, 1.54) is 19.3 Å². The van der Waals surface area contributed by atoms with Crippen LogP contribution >= 0.6 is 0 Å². The van der Waals surface area contributed by atoms with Crippen molar-refractivity contribution < 1.29 is 18.9 Å². The molecule has 0 saturated carbocycles. The summed E-state index contributed by atoms with van der Waals surface area (Å²) in [7, 11) is 0.771. The van der Waals surface area contributed by atoms with E-state index in [-0.39, 0.29) is 11.5 Å². The summed E-state index contributed by atoms with van der Waals surface area (Å²) in [5, 5.41) is 2.53. The fraction of sp³-hybridized carbons (Fsp3) is 0.500. The van der Waals surface area contributed by atoms with Crippen LogP contribution in [0.2, 0.25) is 0 Å². The smallest absolute Gasteiger partial charge is 0.398 e. The van der Waals surface area contributed by atoms with Gasteiger partial charge in [-0.05, 0) is 33.8 Å². The number of hydrogen-bond donors (Lipinski definition) is 1. The Kier molecular flexibility index (Phi) is 3.90. The Balaban J connectivity index is 2.45. The Hall–Kier alpha value is -1.73. The molecule has 0 bridgehead atoms. The number of pyridine rings is 1. The van der Waals surface area contributed by atoms with Crippen LogP contribution in [0.1, 0.15) is 48.4 Å². The standard InChI is InChI=1S/C14H19BN2O4/c1-13(2)14(3,4)21-15(20-13)11-10(12(19)16-5)6-9(8-18)7-17-11/h6-8H,1-5H3,(H,16,19). The summed E-state index contributed by atoms with van der Waals surface area (Å²) in [6.45, 7) is 7.69. The van der Waals surface area contributed by atoms with Gasteiger partial charge in [0, 0.05) is 18.8 Å². The molecule has 0 spiro atoms. The van der Waals surface area contributed by atoms with Crippen LogP contribution in [-0.2, 0) is 9.31 Å². The van der Waals surface area contributed by atoms with Crippen LogP contribution in [0.4, 0.5) is 0 Å². The van der Waals surface area contributed by atoms with Gasteiger partial charge in [-0.3, -0.25) is 14.6 Å². The van der Waals surface area contributed by atoms with E-state index < -0.39 is 18.3 Å². The first-order chi connectivity index (χ1) is 9.71. The SMILES string of the molecule is CNC(=O)c1cc(C=O)cnc1B1OC(C)(C)C(C)(C)O1. The summed E-state index contributed by atoms with van der Waals surface area (Å²) in [5.74, 6) is -0.337. The minimum Gasteiger partial charge on any atom is -0.398 e. The molecule has 1 fully saturated rings. The van der Waals surface area contributed by atoms with Gasteiger partial charge in [-0.2, -0.15) is 0 Å². The van der Waals surface area contributed by atoms with Gasteiger partial charge >= 0.3 is 7.12 Å². The average molecular weight is 290 g/mol. The zero-order chi connectivity index (χ0) is 15.8. The molecule has 7 heteroatoms. The molecular weight excluding hydrogens is 271 g/mol. The third-order valence-corrected chi connectivity index (χ3v) is 4.02. The number of aromatic nitrogens is 1. The predicted molar refractivity (Wildman–Crippen MR) is 78.7 cm³/mol. The number of aldehydes is 1. The second-order valence-corrected chi connectivity index (χ2v) is 5.99. The molecule has 6 nitrogen and oxygen atoms in total. The van der Waals surface area contributed by atoms with Crippen LogP contribution in [0.3, 0.4) is 0 Å². The minimum atomic E-state index is -0.747. The van der Waals surface area contributed by atoms with Gasteiger partial charge in [0.25, 0.3) is 5.91 Å². The third kappa shape index (κ3) is 2.71. The highest BCUT2D eigenvalue weighted by molar-refractivity contribution is 6.62. The lowest BCUT2D eigenvalue weighted by Crippen LogP contribution is -2.42. The minimum absolute atomic E-state index is 0.278. The van der Waals surface area contributed by atoms with E-state index in [1.807, 2.05) is 27.7 Å². The zero-order valence-electron chi connectivity index (χ0n) is 12.9. The molecule has 1 saturated heterocycles. The second kappa shape index (κ2) is 5.24. The first kappa shape index (κ1) is 15.7. The molecule has 1 aromatic rings. The number of nitrogens with one attached hydrogen (secondary N) is 1. The monoisotopic (exact) mass is 290 g/mol. The molecule has 112 valence electrons. The maximum absolute atomic E-state index is 12.0. The molecule has 21 heavy (non-hydrogen) atoms. The molecule has 1 aliphatic heterocycles. The predicted octanol–water partition coefficient (Wildman–Crippen LogP) is 0.553. The summed E-state index contributed by atoms with van der Waals surface area (Å²) in [5.41, 5.74) is -0.0706. The number of hydrogen-bond acceptors (Lipinski definition) is 5. The van der Waals surface area contributed by atoms with Gasteiger partial charge in [0.1, 0.15) is 0 Å². The highest BCUT2D eigenvalue weighted by atomic mass is 16.7. The Morgan fingerprint density at radius 2 is 1.86 bits per heavy atom. The Labute approximate surface area is 124 Å². The summed E-state index contributed by atoms with van der Waals surface area (Å²) in [4.78, 5) is 27.1. The van der Waals surface area contributed by atoms with Gasteiger partial charge in [0.05, 0.1) is 22.4 Å². The van der Waals surface area contributed by atoms with Crippen molar-refractivity contribution in [2.45, 2.75) is 38.9 Å². The molecule has 0 aromatic carbocycles. The van der Waals surface area contributed by atoms with Gasteiger partial charge in [0.2, 0.25) is 0 Å². The average Bonchev–Trinajstić information content (AvgIpc) is 2.65.